The van der Waals surface area contributed by atoms with Gasteiger partial charge in [0.15, 0.2) is 0 Å². The van der Waals surface area contributed by atoms with Crippen molar-refractivity contribution in [1.82, 2.24) is 9.97 Å². The SMILES string of the molecule is COc1ccc(CNc2ncnc3c(Br)cccc23)c(OC)c1. The number of halogens is 1. The number of fused-ring (bicyclic) bond motifs is 1. The van der Waals surface area contributed by atoms with E-state index in [1.54, 1.807) is 20.5 Å². The van der Waals surface area contributed by atoms with Crippen LogP contribution in [-0.4, -0.2) is 24.2 Å². The van der Waals surface area contributed by atoms with Crippen LogP contribution in [0.25, 0.3) is 10.9 Å². The van der Waals surface area contributed by atoms with Gasteiger partial charge in [-0.25, -0.2) is 9.97 Å². The number of hydrogen-bond acceptors (Lipinski definition) is 5. The Morgan fingerprint density at radius 3 is 2.74 bits per heavy atom. The fourth-order valence-electron chi connectivity index (χ4n) is 2.37. The Kier molecular flexibility index (Phi) is 4.62. The second-order valence-corrected chi connectivity index (χ2v) is 5.74. The number of para-hydroxylation sites is 1. The smallest absolute Gasteiger partial charge is 0.137 e. The Hall–Kier alpha value is -2.34. The second kappa shape index (κ2) is 6.83. The topological polar surface area (TPSA) is 56.3 Å². The number of nitrogens with zero attached hydrogens (tertiary/aromatic N) is 2. The second-order valence-electron chi connectivity index (χ2n) is 4.89. The van der Waals surface area contributed by atoms with Gasteiger partial charge in [0.1, 0.15) is 23.6 Å². The molecule has 1 heterocycles. The third-order valence-corrected chi connectivity index (χ3v) is 4.20. The lowest BCUT2D eigenvalue weighted by atomic mass is 10.2. The Morgan fingerprint density at radius 2 is 1.96 bits per heavy atom. The Morgan fingerprint density at radius 1 is 1.09 bits per heavy atom. The molecule has 0 radical (unpaired) electrons. The highest BCUT2D eigenvalue weighted by Gasteiger charge is 2.08. The van der Waals surface area contributed by atoms with E-state index >= 15 is 0 Å². The molecule has 0 amide bonds. The first-order valence-electron chi connectivity index (χ1n) is 7.07. The van der Waals surface area contributed by atoms with Gasteiger partial charge in [0.25, 0.3) is 0 Å². The molecule has 6 heteroatoms. The van der Waals surface area contributed by atoms with E-state index < -0.39 is 0 Å². The summed E-state index contributed by atoms with van der Waals surface area (Å²) in [5, 5.41) is 4.32. The van der Waals surface area contributed by atoms with Crippen LogP contribution in [-0.2, 0) is 6.54 Å². The van der Waals surface area contributed by atoms with Gasteiger partial charge in [-0.3, -0.25) is 0 Å². The highest BCUT2D eigenvalue weighted by atomic mass is 79.9. The van der Waals surface area contributed by atoms with Crippen LogP contribution >= 0.6 is 15.9 Å². The molecule has 0 aliphatic rings. The summed E-state index contributed by atoms with van der Waals surface area (Å²) in [7, 11) is 3.28. The summed E-state index contributed by atoms with van der Waals surface area (Å²) in [6.45, 7) is 0.589. The summed E-state index contributed by atoms with van der Waals surface area (Å²) in [6, 6.07) is 11.7. The molecule has 1 aromatic heterocycles. The van der Waals surface area contributed by atoms with Crippen molar-refractivity contribution < 1.29 is 9.47 Å². The van der Waals surface area contributed by atoms with Crippen LogP contribution in [0.3, 0.4) is 0 Å². The van der Waals surface area contributed by atoms with Crippen molar-refractivity contribution in [3.05, 3.63) is 52.8 Å². The fraction of sp³-hybridized carbons (Fsp3) is 0.176. The predicted octanol–water partition coefficient (Wildman–Crippen LogP) is 4.02. The quantitative estimate of drug-likeness (QED) is 0.731. The highest BCUT2D eigenvalue weighted by Crippen LogP contribution is 2.28. The maximum absolute atomic E-state index is 5.42. The standard InChI is InChI=1S/C17H16BrN3O2/c1-22-12-7-6-11(15(8-12)23-2)9-19-17-13-4-3-5-14(18)16(13)20-10-21-17/h3-8,10H,9H2,1-2H3,(H,19,20,21). The zero-order valence-corrected chi connectivity index (χ0v) is 14.4. The number of aromatic nitrogens is 2. The largest absolute Gasteiger partial charge is 0.497 e. The van der Waals surface area contributed by atoms with Gasteiger partial charge < -0.3 is 14.8 Å². The normalized spacial score (nSPS) is 10.6. The van der Waals surface area contributed by atoms with Crippen molar-refractivity contribution in [3.63, 3.8) is 0 Å². The zero-order chi connectivity index (χ0) is 16.2. The molecule has 0 atom stereocenters. The van der Waals surface area contributed by atoms with E-state index in [0.29, 0.717) is 6.54 Å². The molecule has 2 aromatic carbocycles. The van der Waals surface area contributed by atoms with Crippen LogP contribution in [0.15, 0.2) is 47.2 Å². The monoisotopic (exact) mass is 373 g/mol. The van der Waals surface area contributed by atoms with Crippen molar-refractivity contribution in [2.24, 2.45) is 0 Å². The molecule has 0 bridgehead atoms. The first-order valence-corrected chi connectivity index (χ1v) is 7.86. The molecule has 0 aliphatic heterocycles. The average Bonchev–Trinajstić information content (AvgIpc) is 2.60. The van der Waals surface area contributed by atoms with E-state index in [0.717, 1.165) is 38.3 Å². The Labute approximate surface area is 142 Å². The summed E-state index contributed by atoms with van der Waals surface area (Å²) in [6.07, 6.45) is 1.56. The van der Waals surface area contributed by atoms with E-state index in [4.69, 9.17) is 9.47 Å². The molecule has 0 unspecified atom stereocenters. The molecule has 3 aromatic rings. The molecule has 23 heavy (non-hydrogen) atoms. The molecule has 0 aliphatic carbocycles. The van der Waals surface area contributed by atoms with Crippen molar-refractivity contribution in [1.29, 1.82) is 0 Å². The van der Waals surface area contributed by atoms with Gasteiger partial charge in [-0.1, -0.05) is 6.07 Å². The number of hydrogen-bond donors (Lipinski definition) is 1. The first kappa shape index (κ1) is 15.6. The Balaban J connectivity index is 1.88. The third-order valence-electron chi connectivity index (χ3n) is 3.56. The van der Waals surface area contributed by atoms with Crippen molar-refractivity contribution in [3.8, 4) is 11.5 Å². The van der Waals surface area contributed by atoms with Gasteiger partial charge in [0.2, 0.25) is 0 Å². The molecule has 1 N–H and O–H groups in total. The summed E-state index contributed by atoms with van der Waals surface area (Å²) < 4.78 is 11.6. The van der Waals surface area contributed by atoms with E-state index in [9.17, 15) is 0 Å². The number of benzene rings is 2. The van der Waals surface area contributed by atoms with E-state index in [1.807, 2.05) is 36.4 Å². The third kappa shape index (κ3) is 3.22. The Bertz CT molecular complexity index is 839. The summed E-state index contributed by atoms with van der Waals surface area (Å²) in [5.41, 5.74) is 1.90. The maximum atomic E-state index is 5.42. The van der Waals surface area contributed by atoms with Gasteiger partial charge in [0.05, 0.1) is 19.7 Å². The van der Waals surface area contributed by atoms with Crippen LogP contribution in [0, 0.1) is 0 Å². The molecule has 5 nitrogen and oxygen atoms in total. The number of anilines is 1. The van der Waals surface area contributed by atoms with Gasteiger partial charge in [-0.2, -0.15) is 0 Å². The summed E-state index contributed by atoms with van der Waals surface area (Å²) in [4.78, 5) is 8.66. The molecule has 0 saturated carbocycles. The van der Waals surface area contributed by atoms with Gasteiger partial charge in [-0.15, -0.1) is 0 Å². The van der Waals surface area contributed by atoms with Crippen molar-refractivity contribution in [2.75, 3.05) is 19.5 Å². The molecule has 118 valence electrons. The van der Waals surface area contributed by atoms with E-state index in [1.165, 1.54) is 0 Å². The molecule has 0 saturated heterocycles. The van der Waals surface area contributed by atoms with Crippen LogP contribution in [0.2, 0.25) is 0 Å². The van der Waals surface area contributed by atoms with Crippen LogP contribution in [0.5, 0.6) is 11.5 Å². The minimum Gasteiger partial charge on any atom is -0.497 e. The zero-order valence-electron chi connectivity index (χ0n) is 12.8. The lowest BCUT2D eigenvalue weighted by Crippen LogP contribution is -2.04. The summed E-state index contributed by atoms with van der Waals surface area (Å²) in [5.74, 6) is 2.33. The van der Waals surface area contributed by atoms with Crippen LogP contribution < -0.4 is 14.8 Å². The molecular formula is C17H16BrN3O2. The van der Waals surface area contributed by atoms with Crippen molar-refractivity contribution >= 4 is 32.7 Å². The first-order chi connectivity index (χ1) is 11.2. The molecule has 0 spiro atoms. The minimum atomic E-state index is 0.589. The maximum Gasteiger partial charge on any atom is 0.137 e. The summed E-state index contributed by atoms with van der Waals surface area (Å²) >= 11 is 3.51. The fourth-order valence-corrected chi connectivity index (χ4v) is 2.84. The predicted molar refractivity (Wildman–Crippen MR) is 94.1 cm³/mol. The molecular weight excluding hydrogens is 358 g/mol. The van der Waals surface area contributed by atoms with Crippen LogP contribution in [0.4, 0.5) is 5.82 Å². The number of rotatable bonds is 5. The average molecular weight is 374 g/mol. The number of methoxy groups -OCH3 is 2. The highest BCUT2D eigenvalue weighted by molar-refractivity contribution is 9.10. The lowest BCUT2D eigenvalue weighted by Gasteiger charge is -2.12. The number of ether oxygens (including phenoxy) is 2. The van der Waals surface area contributed by atoms with Gasteiger partial charge in [0, 0.05) is 28.0 Å². The van der Waals surface area contributed by atoms with E-state index in [-0.39, 0.29) is 0 Å². The van der Waals surface area contributed by atoms with Gasteiger partial charge in [-0.05, 0) is 40.2 Å². The molecule has 3 rings (SSSR count). The van der Waals surface area contributed by atoms with Crippen molar-refractivity contribution in [2.45, 2.75) is 6.54 Å². The number of nitrogens with one attached hydrogen (secondary N) is 1. The van der Waals surface area contributed by atoms with Gasteiger partial charge >= 0.3 is 0 Å². The van der Waals surface area contributed by atoms with E-state index in [2.05, 4.69) is 31.2 Å². The lowest BCUT2D eigenvalue weighted by molar-refractivity contribution is 0.391. The van der Waals surface area contributed by atoms with Crippen LogP contribution in [0.1, 0.15) is 5.56 Å². The minimum absolute atomic E-state index is 0.589. The molecule has 0 fully saturated rings.